The predicted octanol–water partition coefficient (Wildman–Crippen LogP) is 2.33. The molecule has 2 atom stereocenters. The van der Waals surface area contributed by atoms with Crippen molar-refractivity contribution in [2.45, 2.75) is 26.1 Å². The standard InChI is InChI=1S/C17H22N6O4/c1-10-8-22(9-11(2)27-10)17-20-15(18)14(23(24)25)16(21-17)19-12-6-4-5-7-13(12)26-3/h4-7,10-11H,8-9H2,1-3H3,(H3,18,19,20,21)/t10-,11-/m1/s1. The molecule has 1 fully saturated rings. The number of nitro groups is 1. The third-order valence-corrected chi connectivity index (χ3v) is 4.14. The molecule has 2 heterocycles. The zero-order valence-corrected chi connectivity index (χ0v) is 15.4. The van der Waals surface area contributed by atoms with E-state index in [1.54, 1.807) is 24.3 Å². The molecule has 0 spiro atoms. The second kappa shape index (κ2) is 7.62. The van der Waals surface area contributed by atoms with Gasteiger partial charge in [-0.05, 0) is 26.0 Å². The molecule has 10 nitrogen and oxygen atoms in total. The summed E-state index contributed by atoms with van der Waals surface area (Å²) in [6, 6.07) is 7.06. The van der Waals surface area contributed by atoms with Gasteiger partial charge >= 0.3 is 5.69 Å². The van der Waals surface area contributed by atoms with Crippen LogP contribution in [-0.2, 0) is 4.74 Å². The number of hydrogen-bond acceptors (Lipinski definition) is 9. The summed E-state index contributed by atoms with van der Waals surface area (Å²) in [7, 11) is 1.52. The molecule has 1 saturated heterocycles. The van der Waals surface area contributed by atoms with Gasteiger partial charge in [-0.15, -0.1) is 0 Å². The number of para-hydroxylation sites is 2. The SMILES string of the molecule is COc1ccccc1Nc1nc(N2C[C@@H](C)O[C@H](C)C2)nc(N)c1[N+](=O)[O-]. The van der Waals surface area contributed by atoms with E-state index in [-0.39, 0.29) is 29.5 Å². The Hall–Kier alpha value is -3.14. The second-order valence-corrected chi connectivity index (χ2v) is 6.35. The number of morpholine rings is 1. The molecule has 10 heteroatoms. The first-order valence-electron chi connectivity index (χ1n) is 8.51. The summed E-state index contributed by atoms with van der Waals surface area (Å²) in [6.07, 6.45) is -0.0289. The molecule has 0 amide bonds. The van der Waals surface area contributed by atoms with Gasteiger partial charge in [-0.1, -0.05) is 12.1 Å². The van der Waals surface area contributed by atoms with E-state index in [9.17, 15) is 10.1 Å². The van der Waals surface area contributed by atoms with Crippen molar-refractivity contribution in [3.63, 3.8) is 0 Å². The number of nitrogen functional groups attached to an aromatic ring is 1. The highest BCUT2D eigenvalue weighted by Gasteiger charge is 2.29. The van der Waals surface area contributed by atoms with Crippen LogP contribution in [0, 0.1) is 10.1 Å². The molecule has 1 aromatic heterocycles. The average Bonchev–Trinajstić information content (AvgIpc) is 2.60. The van der Waals surface area contributed by atoms with Gasteiger partial charge in [0.15, 0.2) is 0 Å². The first-order valence-corrected chi connectivity index (χ1v) is 8.51. The minimum Gasteiger partial charge on any atom is -0.495 e. The Kier molecular flexibility index (Phi) is 5.26. The lowest BCUT2D eigenvalue weighted by Crippen LogP contribution is -2.46. The van der Waals surface area contributed by atoms with Crippen molar-refractivity contribution in [1.82, 2.24) is 9.97 Å². The average molecular weight is 374 g/mol. The van der Waals surface area contributed by atoms with Crippen LogP contribution in [-0.4, -0.2) is 47.3 Å². The van der Waals surface area contributed by atoms with Gasteiger partial charge in [-0.3, -0.25) is 10.1 Å². The smallest absolute Gasteiger partial charge is 0.353 e. The van der Waals surface area contributed by atoms with Gasteiger partial charge in [-0.25, -0.2) is 0 Å². The predicted molar refractivity (Wildman–Crippen MR) is 102 cm³/mol. The summed E-state index contributed by atoms with van der Waals surface area (Å²) in [4.78, 5) is 21.4. The Labute approximate surface area is 156 Å². The van der Waals surface area contributed by atoms with Gasteiger partial charge in [0.1, 0.15) is 5.75 Å². The molecule has 144 valence electrons. The second-order valence-electron chi connectivity index (χ2n) is 6.35. The molecule has 1 aromatic carbocycles. The minimum absolute atomic E-state index is 0.0128. The Morgan fingerprint density at radius 2 is 1.96 bits per heavy atom. The van der Waals surface area contributed by atoms with Crippen molar-refractivity contribution in [3.05, 3.63) is 34.4 Å². The van der Waals surface area contributed by atoms with Crippen LogP contribution < -0.4 is 20.7 Å². The number of ether oxygens (including phenoxy) is 2. The minimum atomic E-state index is -0.596. The maximum atomic E-state index is 11.5. The number of nitrogens with two attached hydrogens (primary N) is 1. The number of hydrogen-bond donors (Lipinski definition) is 2. The quantitative estimate of drug-likeness (QED) is 0.598. The Balaban J connectivity index is 2.03. The van der Waals surface area contributed by atoms with E-state index in [4.69, 9.17) is 15.2 Å². The highest BCUT2D eigenvalue weighted by Crippen LogP contribution is 2.35. The fourth-order valence-corrected chi connectivity index (χ4v) is 3.09. The van der Waals surface area contributed by atoms with Crippen LogP contribution >= 0.6 is 0 Å². The number of anilines is 4. The maximum absolute atomic E-state index is 11.5. The van der Waals surface area contributed by atoms with E-state index in [1.165, 1.54) is 7.11 Å². The van der Waals surface area contributed by atoms with Crippen molar-refractivity contribution in [2.75, 3.05) is 36.1 Å². The number of nitrogens with zero attached hydrogens (tertiary/aromatic N) is 4. The van der Waals surface area contributed by atoms with Gasteiger partial charge in [0.2, 0.25) is 17.6 Å². The number of nitrogens with one attached hydrogen (secondary N) is 1. The van der Waals surface area contributed by atoms with E-state index in [1.807, 2.05) is 18.7 Å². The lowest BCUT2D eigenvalue weighted by Gasteiger charge is -2.35. The maximum Gasteiger partial charge on any atom is 0.353 e. The molecule has 3 N–H and O–H groups in total. The Morgan fingerprint density at radius 3 is 2.59 bits per heavy atom. The highest BCUT2D eigenvalue weighted by atomic mass is 16.6. The highest BCUT2D eigenvalue weighted by molar-refractivity contribution is 5.76. The molecular formula is C17H22N6O4. The molecule has 27 heavy (non-hydrogen) atoms. The molecule has 0 radical (unpaired) electrons. The van der Waals surface area contributed by atoms with Crippen molar-refractivity contribution in [3.8, 4) is 5.75 Å². The monoisotopic (exact) mass is 374 g/mol. The van der Waals surface area contributed by atoms with Crippen LogP contribution in [0.1, 0.15) is 13.8 Å². The van der Waals surface area contributed by atoms with Crippen LogP contribution in [0.2, 0.25) is 0 Å². The third-order valence-electron chi connectivity index (χ3n) is 4.14. The van der Waals surface area contributed by atoms with Gasteiger partial charge in [-0.2, -0.15) is 9.97 Å². The lowest BCUT2D eigenvalue weighted by molar-refractivity contribution is -0.383. The van der Waals surface area contributed by atoms with Crippen LogP contribution in [0.3, 0.4) is 0 Å². The molecule has 0 bridgehead atoms. The normalized spacial score (nSPS) is 19.6. The largest absolute Gasteiger partial charge is 0.495 e. The van der Waals surface area contributed by atoms with Crippen molar-refractivity contribution >= 4 is 29.0 Å². The van der Waals surface area contributed by atoms with Crippen LogP contribution in [0.25, 0.3) is 0 Å². The third kappa shape index (κ3) is 4.00. The summed E-state index contributed by atoms with van der Waals surface area (Å²) < 4.78 is 11.0. The molecule has 1 aliphatic rings. The van der Waals surface area contributed by atoms with Crippen molar-refractivity contribution in [2.24, 2.45) is 0 Å². The van der Waals surface area contributed by atoms with Gasteiger partial charge < -0.3 is 25.4 Å². The number of methoxy groups -OCH3 is 1. The van der Waals surface area contributed by atoms with E-state index in [0.717, 1.165) is 0 Å². The lowest BCUT2D eigenvalue weighted by atomic mass is 10.2. The summed E-state index contributed by atoms with van der Waals surface area (Å²) in [5, 5.41) is 14.5. The Bertz CT molecular complexity index is 836. The van der Waals surface area contributed by atoms with Crippen LogP contribution in [0.4, 0.5) is 29.0 Å². The van der Waals surface area contributed by atoms with Crippen molar-refractivity contribution in [1.29, 1.82) is 0 Å². The molecule has 0 unspecified atom stereocenters. The van der Waals surface area contributed by atoms with Gasteiger partial charge in [0.25, 0.3) is 0 Å². The molecule has 3 rings (SSSR count). The van der Waals surface area contributed by atoms with Crippen LogP contribution in [0.5, 0.6) is 5.75 Å². The zero-order valence-electron chi connectivity index (χ0n) is 15.4. The summed E-state index contributed by atoms with van der Waals surface area (Å²) in [5.74, 6) is 0.657. The summed E-state index contributed by atoms with van der Waals surface area (Å²) in [5.41, 5.74) is 6.06. The molecule has 0 aliphatic carbocycles. The van der Waals surface area contributed by atoms with Crippen LogP contribution in [0.15, 0.2) is 24.3 Å². The Morgan fingerprint density at radius 1 is 1.30 bits per heavy atom. The molecule has 0 saturated carbocycles. The molecule has 2 aromatic rings. The number of benzene rings is 1. The number of aromatic nitrogens is 2. The topological polar surface area (TPSA) is 129 Å². The molecule has 1 aliphatic heterocycles. The summed E-state index contributed by atoms with van der Waals surface area (Å²) in [6.45, 7) is 5.03. The van der Waals surface area contributed by atoms with E-state index in [0.29, 0.717) is 30.5 Å². The molecular weight excluding hydrogens is 352 g/mol. The summed E-state index contributed by atoms with van der Waals surface area (Å²) >= 11 is 0. The van der Waals surface area contributed by atoms with E-state index >= 15 is 0 Å². The zero-order chi connectivity index (χ0) is 19.6. The fourth-order valence-electron chi connectivity index (χ4n) is 3.09. The number of rotatable bonds is 5. The van der Waals surface area contributed by atoms with Crippen molar-refractivity contribution < 1.29 is 14.4 Å². The fraction of sp³-hybridized carbons (Fsp3) is 0.412. The van der Waals surface area contributed by atoms with E-state index < -0.39 is 4.92 Å². The van der Waals surface area contributed by atoms with Gasteiger partial charge in [0.05, 0.1) is 29.9 Å². The van der Waals surface area contributed by atoms with E-state index in [2.05, 4.69) is 15.3 Å². The first-order chi connectivity index (χ1) is 12.9. The first kappa shape index (κ1) is 18.6. The van der Waals surface area contributed by atoms with Gasteiger partial charge in [0, 0.05) is 13.1 Å².